The molecule has 16 nitrogen and oxygen atoms in total. The highest BCUT2D eigenvalue weighted by atomic mass is 16.3. The molecule has 16 heteroatoms. The van der Waals surface area contributed by atoms with Crippen LogP contribution in [-0.4, -0.2) is 40.9 Å². The third kappa shape index (κ3) is 48.6. The number of aryl methyl sites for hydroxylation is 8. The van der Waals surface area contributed by atoms with Gasteiger partial charge < -0.3 is 40.9 Å². The maximum Gasteiger partial charge on any atom is 0.220 e. The van der Waals surface area contributed by atoms with Gasteiger partial charge in [0.2, 0.25) is 43.4 Å². The van der Waals surface area contributed by atoms with E-state index in [0.717, 1.165) is 134 Å². The third-order valence-electron chi connectivity index (χ3n) is 17.4. The molecular formula is C95H126O16. The molecule has 0 heterocycles. The predicted molar refractivity (Wildman–Crippen MR) is 456 cm³/mol. The summed E-state index contributed by atoms with van der Waals surface area (Å²) >= 11 is 0. The predicted octanol–water partition coefficient (Wildman–Crippen LogP) is 19.6. The lowest BCUT2D eigenvalue weighted by atomic mass is 10.1. The summed E-state index contributed by atoms with van der Waals surface area (Å²) < 4.78 is 0. The van der Waals surface area contributed by atoms with Crippen molar-refractivity contribution in [3.63, 3.8) is 0 Å². The summed E-state index contributed by atoms with van der Waals surface area (Å²) in [5, 5.41) is 73.0. The molecule has 0 fully saturated rings. The maximum absolute atomic E-state index is 11.4. The maximum atomic E-state index is 11.4. The van der Waals surface area contributed by atoms with Gasteiger partial charge in [0.1, 0.15) is 0 Å². The van der Waals surface area contributed by atoms with Gasteiger partial charge in [0.25, 0.3) is 0 Å². The molecule has 0 atom stereocenters. The van der Waals surface area contributed by atoms with Crippen LogP contribution in [0.15, 0.2) is 232 Å². The van der Waals surface area contributed by atoms with Gasteiger partial charge in [0.05, 0.1) is 0 Å². The second kappa shape index (κ2) is 62.3. The fourth-order valence-electron chi connectivity index (χ4n) is 10.9. The highest BCUT2D eigenvalue weighted by Crippen LogP contribution is 2.15. The normalized spacial score (nSPS) is 10.1. The van der Waals surface area contributed by atoms with Crippen LogP contribution in [0.4, 0.5) is 0 Å². The van der Waals surface area contributed by atoms with Crippen LogP contribution in [0.3, 0.4) is 0 Å². The van der Waals surface area contributed by atoms with Crippen molar-refractivity contribution in [2.45, 2.75) is 254 Å². The van der Waals surface area contributed by atoms with E-state index in [-0.39, 0.29) is 89.4 Å². The van der Waals surface area contributed by atoms with Crippen molar-refractivity contribution in [3.05, 3.63) is 320 Å². The Morgan fingerprint density at radius 2 is 0.369 bits per heavy atom. The molecule has 0 aliphatic rings. The number of unbranched alkanes of at least 4 members (excludes halogenated alkanes) is 18. The smallest absolute Gasteiger partial charge is 0.220 e. The molecule has 8 aromatic rings. The molecule has 0 bridgehead atoms. The third-order valence-corrected chi connectivity index (χ3v) is 17.4. The fourth-order valence-corrected chi connectivity index (χ4v) is 10.9. The Bertz CT molecular complexity index is 4430. The molecule has 0 saturated carbocycles. The van der Waals surface area contributed by atoms with E-state index in [1.807, 2.05) is 49.4 Å². The van der Waals surface area contributed by atoms with Crippen LogP contribution in [0, 0.1) is 6.92 Å². The average Bonchev–Trinajstić information content (AvgIpc) is 1.97. The molecular weight excluding hydrogens is 1400 g/mol. The van der Waals surface area contributed by atoms with Crippen molar-refractivity contribution >= 4 is 0 Å². The number of hydrogen-bond acceptors (Lipinski definition) is 16. The molecule has 602 valence electrons. The second-order valence-corrected chi connectivity index (χ2v) is 27.3. The molecule has 111 heavy (non-hydrogen) atoms. The summed E-state index contributed by atoms with van der Waals surface area (Å²) in [6.45, 7) is 16.7. The van der Waals surface area contributed by atoms with Crippen molar-refractivity contribution in [1.29, 1.82) is 0 Å². The lowest BCUT2D eigenvalue weighted by molar-refractivity contribution is 0.470. The van der Waals surface area contributed by atoms with Gasteiger partial charge in [-0.2, -0.15) is 0 Å². The van der Waals surface area contributed by atoms with Crippen LogP contribution >= 0.6 is 0 Å². The quantitative estimate of drug-likeness (QED) is 0.0187. The first-order valence-corrected chi connectivity index (χ1v) is 39.9. The minimum absolute atomic E-state index is 0.165. The van der Waals surface area contributed by atoms with E-state index in [1.54, 1.807) is 73.7 Å². The minimum atomic E-state index is -0.331. The monoisotopic (exact) mass is 1520 g/mol. The van der Waals surface area contributed by atoms with E-state index in [2.05, 4.69) is 41.5 Å². The van der Waals surface area contributed by atoms with Crippen molar-refractivity contribution in [3.8, 4) is 46.0 Å². The standard InChI is InChI=1S/C17H26O2.C15H22O2.C13H18O2.C12H16O2.C11H14O2.C10H12O2.C9H10O2.C8H8O2/c1-2-3-4-5-6-7-8-9-11-15-12-10-13-16(18)17(19)14-15;1-2-3-4-5-6-7-9-13-10-8-11-14(16)15(17)12-13;1-2-3-4-5-7-11-8-6-9-12(14)13(15)10-11;1-2-3-4-6-10-7-5-8-11(13)12(14)9-10;1-2-3-5-9-6-4-7-10(12)11(13)8-9;1-2-4-8-5-3-6-9(11)10(12)7-8;1-2-7-4-3-5-8(10)9(11)6-7;1-6-3-2-4-7(9)8(10)5-6/h10,12-14H,2-9,11H2,1H3,(H,18,19);8,10-12H,2-7,9H2,1H3,(H,16,17);6,8-10H,2-5,7H2,1H3,(H,14,15);5,7-9H,2-4,6H2,1H3,(H,13,14);4,6-8H,2-3,5H2,1H3,(H,12,13);3,5-7H,2,4H2,1H3,(H,11,12);3-6H,2H2,1H3,(H,10,11);2-5H,1H3,(H,9,10). The SMILES string of the molecule is CCCCCCCCCCc1cccc(O)c(=O)c1.CCCCCCCCc1cccc(O)c(=O)c1.CCCCCCc1cccc(O)c(=O)c1.CCCCCc1cccc(O)c(=O)c1.CCCCc1cccc(O)c(=O)c1.CCCc1cccc(O)c(=O)c1.CCc1cccc(O)c(=O)c1.Cc1cccc(O)c(=O)c1. The number of hydrogen-bond donors (Lipinski definition) is 8. The van der Waals surface area contributed by atoms with Crippen LogP contribution in [0.25, 0.3) is 0 Å². The van der Waals surface area contributed by atoms with Gasteiger partial charge in [0.15, 0.2) is 46.0 Å². The van der Waals surface area contributed by atoms with Crippen LogP contribution in [0.5, 0.6) is 46.0 Å². The summed E-state index contributed by atoms with van der Waals surface area (Å²) in [5.74, 6) is -1.43. The first kappa shape index (κ1) is 98.5. The van der Waals surface area contributed by atoms with Gasteiger partial charge in [-0.3, -0.25) is 38.4 Å². The molecule has 0 radical (unpaired) electrons. The minimum Gasteiger partial charge on any atom is -0.504 e. The molecule has 0 saturated heterocycles. The Hall–Kier alpha value is -10.5. The van der Waals surface area contributed by atoms with E-state index >= 15 is 0 Å². The first-order chi connectivity index (χ1) is 53.4. The van der Waals surface area contributed by atoms with E-state index in [0.29, 0.717) is 0 Å². The summed E-state index contributed by atoms with van der Waals surface area (Å²) in [6.07, 6.45) is 35.6. The van der Waals surface area contributed by atoms with E-state index in [9.17, 15) is 53.7 Å². The van der Waals surface area contributed by atoms with Gasteiger partial charge in [-0.05, 0) is 226 Å². The second-order valence-electron chi connectivity index (χ2n) is 27.3. The van der Waals surface area contributed by atoms with Crippen molar-refractivity contribution in [2.24, 2.45) is 0 Å². The van der Waals surface area contributed by atoms with Crippen LogP contribution < -0.4 is 43.4 Å². The number of aromatic hydroxyl groups is 8. The molecule has 0 unspecified atom stereocenters. The Kier molecular flexibility index (Phi) is 55.3. The zero-order valence-electron chi connectivity index (χ0n) is 67.2. The van der Waals surface area contributed by atoms with Crippen molar-refractivity contribution in [1.82, 2.24) is 0 Å². The molecule has 0 aliphatic heterocycles. The lowest BCUT2D eigenvalue weighted by Gasteiger charge is -2.01. The Morgan fingerprint density at radius 3 is 0.622 bits per heavy atom. The fraction of sp³-hybridized carbons (Fsp3) is 0.411. The van der Waals surface area contributed by atoms with E-state index in [1.165, 1.54) is 194 Å². The largest absolute Gasteiger partial charge is 0.504 e. The van der Waals surface area contributed by atoms with Crippen molar-refractivity contribution in [2.75, 3.05) is 0 Å². The summed E-state index contributed by atoms with van der Waals surface area (Å²) in [6, 6.07) is 52.0. The van der Waals surface area contributed by atoms with Crippen LogP contribution in [0.1, 0.15) is 247 Å². The van der Waals surface area contributed by atoms with Gasteiger partial charge in [-0.15, -0.1) is 0 Å². The molecule has 8 N–H and O–H groups in total. The Morgan fingerprint density at radius 1 is 0.189 bits per heavy atom. The van der Waals surface area contributed by atoms with Gasteiger partial charge >= 0.3 is 0 Å². The zero-order valence-corrected chi connectivity index (χ0v) is 67.2. The molecule has 0 aromatic heterocycles. The Labute approximate surface area is 658 Å². The van der Waals surface area contributed by atoms with Crippen molar-refractivity contribution < 1.29 is 40.9 Å². The zero-order chi connectivity index (χ0) is 82.4. The highest BCUT2D eigenvalue weighted by molar-refractivity contribution is 5.30. The van der Waals surface area contributed by atoms with Crippen LogP contribution in [-0.2, 0) is 44.9 Å². The molecule has 0 amide bonds. The molecule has 0 spiro atoms. The molecule has 8 aromatic carbocycles. The lowest BCUT2D eigenvalue weighted by Crippen LogP contribution is -1.95. The van der Waals surface area contributed by atoms with E-state index < -0.39 is 0 Å². The summed E-state index contributed by atoms with van der Waals surface area (Å²) in [7, 11) is 0. The summed E-state index contributed by atoms with van der Waals surface area (Å²) in [4.78, 5) is 89.2. The van der Waals surface area contributed by atoms with E-state index in [4.69, 9.17) is 25.5 Å². The van der Waals surface area contributed by atoms with Gasteiger partial charge in [0, 0.05) is 0 Å². The van der Waals surface area contributed by atoms with Gasteiger partial charge in [-0.25, -0.2) is 0 Å². The number of rotatable bonds is 31. The topological polar surface area (TPSA) is 298 Å². The average molecular weight is 1520 g/mol. The Balaban J connectivity index is 0.000000639. The first-order valence-electron chi connectivity index (χ1n) is 39.9. The molecule has 8 rings (SSSR count). The highest BCUT2D eigenvalue weighted by Gasteiger charge is 2.04. The van der Waals surface area contributed by atoms with Gasteiger partial charge in [-0.1, -0.05) is 268 Å². The van der Waals surface area contributed by atoms with Crippen LogP contribution in [0.2, 0.25) is 0 Å². The molecule has 0 aliphatic carbocycles. The summed E-state index contributed by atoms with van der Waals surface area (Å²) in [5.41, 5.74) is 5.44.